The standard InChI is InChI=1S/C25H26FN3O4S/c1-14-9-10-16(11-21(14)34(32,33)29-18-8-6-5-7-17(18)26)27-24(31)23-15(2)22-19(28-23)12-25(3,4)13-20(22)30/h5-11,28-29H,12-13H2,1-4H3,(H,27,31). The maximum atomic E-state index is 14.0. The van der Waals surface area contributed by atoms with Crippen LogP contribution in [0.3, 0.4) is 0 Å². The van der Waals surface area contributed by atoms with Crippen molar-refractivity contribution >= 4 is 33.1 Å². The van der Waals surface area contributed by atoms with Gasteiger partial charge in [0.05, 0.1) is 10.6 Å². The Kier molecular flexibility index (Phi) is 5.85. The van der Waals surface area contributed by atoms with Crippen LogP contribution in [0.4, 0.5) is 15.8 Å². The predicted molar refractivity (Wildman–Crippen MR) is 128 cm³/mol. The summed E-state index contributed by atoms with van der Waals surface area (Å²) in [5.74, 6) is -1.18. The fourth-order valence-corrected chi connectivity index (χ4v) is 5.70. The molecule has 0 atom stereocenters. The van der Waals surface area contributed by atoms with Gasteiger partial charge in [0, 0.05) is 23.4 Å². The minimum Gasteiger partial charge on any atom is -0.354 e. The molecular formula is C25H26FN3O4S. The summed E-state index contributed by atoms with van der Waals surface area (Å²) in [6.07, 6.45) is 1.06. The number of hydrogen-bond acceptors (Lipinski definition) is 4. The zero-order valence-corrected chi connectivity index (χ0v) is 20.2. The Hall–Kier alpha value is -3.46. The van der Waals surface area contributed by atoms with Crippen LogP contribution < -0.4 is 10.0 Å². The van der Waals surface area contributed by atoms with Crippen LogP contribution in [0.5, 0.6) is 0 Å². The molecule has 0 radical (unpaired) electrons. The van der Waals surface area contributed by atoms with Crippen molar-refractivity contribution in [1.29, 1.82) is 0 Å². The van der Waals surface area contributed by atoms with Gasteiger partial charge in [-0.05, 0) is 61.1 Å². The van der Waals surface area contributed by atoms with Gasteiger partial charge < -0.3 is 10.3 Å². The second-order valence-electron chi connectivity index (χ2n) is 9.44. The number of H-pyrrole nitrogens is 1. The minimum atomic E-state index is -4.11. The van der Waals surface area contributed by atoms with Crippen LogP contribution in [0, 0.1) is 25.1 Å². The maximum absolute atomic E-state index is 14.0. The third kappa shape index (κ3) is 4.48. The van der Waals surface area contributed by atoms with E-state index in [-0.39, 0.29) is 33.2 Å². The molecule has 0 saturated heterocycles. The number of amides is 1. The molecule has 3 N–H and O–H groups in total. The van der Waals surface area contributed by atoms with Crippen molar-refractivity contribution in [2.75, 3.05) is 10.0 Å². The molecule has 1 aliphatic rings. The Bertz CT molecular complexity index is 1420. The third-order valence-electron chi connectivity index (χ3n) is 5.98. The van der Waals surface area contributed by atoms with E-state index in [0.717, 1.165) is 11.8 Å². The molecule has 2 aromatic carbocycles. The molecule has 1 amide bonds. The van der Waals surface area contributed by atoms with E-state index in [1.54, 1.807) is 26.0 Å². The lowest BCUT2D eigenvalue weighted by Gasteiger charge is -2.28. The summed E-state index contributed by atoms with van der Waals surface area (Å²) in [7, 11) is -4.11. The summed E-state index contributed by atoms with van der Waals surface area (Å²) < 4.78 is 42.1. The normalized spacial score (nSPS) is 15.0. The van der Waals surface area contributed by atoms with Gasteiger partial charge in [0.15, 0.2) is 5.78 Å². The SMILES string of the molecule is Cc1ccc(NC(=O)c2[nH]c3c(c2C)C(=O)CC(C)(C)C3)cc1S(=O)(=O)Nc1ccccc1F. The van der Waals surface area contributed by atoms with E-state index >= 15 is 0 Å². The predicted octanol–water partition coefficient (Wildman–Crippen LogP) is 4.98. The Labute approximate surface area is 197 Å². The summed E-state index contributed by atoms with van der Waals surface area (Å²) in [4.78, 5) is 28.7. The summed E-state index contributed by atoms with van der Waals surface area (Å²) in [6.45, 7) is 7.35. The highest BCUT2D eigenvalue weighted by molar-refractivity contribution is 7.92. The number of halogens is 1. The fourth-order valence-electron chi connectivity index (χ4n) is 4.36. The number of para-hydroxylation sites is 1. The molecule has 1 heterocycles. The van der Waals surface area contributed by atoms with Gasteiger partial charge >= 0.3 is 0 Å². The summed E-state index contributed by atoms with van der Waals surface area (Å²) in [5.41, 5.74) is 2.47. The molecule has 0 fully saturated rings. The number of carbonyl (C=O) groups is 2. The average molecular weight is 484 g/mol. The monoisotopic (exact) mass is 483 g/mol. The molecule has 7 nitrogen and oxygen atoms in total. The van der Waals surface area contributed by atoms with Crippen molar-refractivity contribution in [2.24, 2.45) is 5.41 Å². The number of ketones is 1. The topological polar surface area (TPSA) is 108 Å². The van der Waals surface area contributed by atoms with Gasteiger partial charge in [-0.25, -0.2) is 12.8 Å². The van der Waals surface area contributed by atoms with E-state index in [2.05, 4.69) is 15.0 Å². The van der Waals surface area contributed by atoms with Gasteiger partial charge in [0.1, 0.15) is 11.5 Å². The molecular weight excluding hydrogens is 457 g/mol. The molecule has 0 spiro atoms. The molecule has 0 aliphatic heterocycles. The number of aryl methyl sites for hydroxylation is 1. The minimum absolute atomic E-state index is 0.00184. The Morgan fingerprint density at radius 2 is 1.79 bits per heavy atom. The first kappa shape index (κ1) is 23.7. The van der Waals surface area contributed by atoms with Crippen molar-refractivity contribution in [2.45, 2.75) is 45.4 Å². The average Bonchev–Trinajstić information content (AvgIpc) is 3.06. The molecule has 0 saturated carbocycles. The van der Waals surface area contributed by atoms with Crippen LogP contribution in [0.2, 0.25) is 0 Å². The number of benzene rings is 2. The van der Waals surface area contributed by atoms with Crippen molar-refractivity contribution in [3.05, 3.63) is 76.4 Å². The third-order valence-corrected chi connectivity index (χ3v) is 7.49. The van der Waals surface area contributed by atoms with E-state index in [4.69, 9.17) is 0 Å². The Morgan fingerprint density at radius 3 is 2.50 bits per heavy atom. The number of sulfonamides is 1. The molecule has 0 unspecified atom stereocenters. The molecule has 1 aliphatic carbocycles. The molecule has 9 heteroatoms. The van der Waals surface area contributed by atoms with Crippen molar-refractivity contribution in [3.8, 4) is 0 Å². The van der Waals surface area contributed by atoms with Crippen LogP contribution >= 0.6 is 0 Å². The van der Waals surface area contributed by atoms with Crippen LogP contribution in [0.15, 0.2) is 47.4 Å². The number of Topliss-reactive ketones (excluding diaryl/α,β-unsaturated/α-hetero) is 1. The first-order chi connectivity index (χ1) is 15.9. The highest BCUT2D eigenvalue weighted by Crippen LogP contribution is 2.37. The van der Waals surface area contributed by atoms with Gasteiger partial charge in [0.2, 0.25) is 0 Å². The summed E-state index contributed by atoms with van der Waals surface area (Å²) in [5, 5.41) is 2.71. The van der Waals surface area contributed by atoms with Gasteiger partial charge in [-0.3, -0.25) is 14.3 Å². The van der Waals surface area contributed by atoms with Gasteiger partial charge in [0.25, 0.3) is 15.9 Å². The lowest BCUT2D eigenvalue weighted by molar-refractivity contribution is 0.0910. The van der Waals surface area contributed by atoms with E-state index in [9.17, 15) is 22.4 Å². The van der Waals surface area contributed by atoms with E-state index < -0.39 is 21.7 Å². The number of anilines is 2. The maximum Gasteiger partial charge on any atom is 0.272 e. The number of aromatic amines is 1. The number of aromatic nitrogens is 1. The number of rotatable bonds is 5. The molecule has 178 valence electrons. The number of fused-ring (bicyclic) bond motifs is 1. The van der Waals surface area contributed by atoms with Crippen LogP contribution in [0.1, 0.15) is 57.9 Å². The molecule has 34 heavy (non-hydrogen) atoms. The molecule has 0 bridgehead atoms. The number of carbonyl (C=O) groups excluding carboxylic acids is 2. The zero-order chi connectivity index (χ0) is 24.8. The van der Waals surface area contributed by atoms with Crippen molar-refractivity contribution in [3.63, 3.8) is 0 Å². The van der Waals surface area contributed by atoms with Crippen LogP contribution in [-0.2, 0) is 16.4 Å². The number of nitrogens with one attached hydrogen (secondary N) is 3. The number of hydrogen-bond donors (Lipinski definition) is 3. The van der Waals surface area contributed by atoms with E-state index in [1.165, 1.54) is 24.3 Å². The largest absolute Gasteiger partial charge is 0.354 e. The van der Waals surface area contributed by atoms with E-state index in [1.807, 2.05) is 13.8 Å². The summed E-state index contributed by atoms with van der Waals surface area (Å²) >= 11 is 0. The molecule has 1 aromatic heterocycles. The first-order valence-corrected chi connectivity index (χ1v) is 12.3. The van der Waals surface area contributed by atoms with Crippen molar-refractivity contribution in [1.82, 2.24) is 4.98 Å². The summed E-state index contributed by atoms with van der Waals surface area (Å²) in [6, 6.07) is 9.94. The smallest absolute Gasteiger partial charge is 0.272 e. The molecule has 4 rings (SSSR count). The lowest BCUT2D eigenvalue weighted by atomic mass is 9.75. The second kappa shape index (κ2) is 8.39. The highest BCUT2D eigenvalue weighted by atomic mass is 32.2. The Balaban J connectivity index is 1.62. The van der Waals surface area contributed by atoms with Crippen LogP contribution in [0.25, 0.3) is 0 Å². The van der Waals surface area contributed by atoms with Gasteiger partial charge in [-0.2, -0.15) is 0 Å². The van der Waals surface area contributed by atoms with Crippen molar-refractivity contribution < 1.29 is 22.4 Å². The quantitative estimate of drug-likeness (QED) is 0.476. The van der Waals surface area contributed by atoms with Gasteiger partial charge in [-0.1, -0.05) is 32.0 Å². The second-order valence-corrected chi connectivity index (χ2v) is 11.1. The van der Waals surface area contributed by atoms with Gasteiger partial charge in [-0.15, -0.1) is 0 Å². The Morgan fingerprint density at radius 1 is 1.09 bits per heavy atom. The highest BCUT2D eigenvalue weighted by Gasteiger charge is 2.35. The first-order valence-electron chi connectivity index (χ1n) is 10.8. The molecule has 3 aromatic rings. The lowest BCUT2D eigenvalue weighted by Crippen LogP contribution is -2.26. The fraction of sp³-hybridized carbons (Fsp3) is 0.280. The van der Waals surface area contributed by atoms with Crippen LogP contribution in [-0.4, -0.2) is 25.1 Å². The van der Waals surface area contributed by atoms with E-state index in [0.29, 0.717) is 29.5 Å². The zero-order valence-electron chi connectivity index (χ0n) is 19.4.